The Hall–Kier alpha value is -2.86. The number of hydrogen-bond donors (Lipinski definition) is 2. The van der Waals surface area contributed by atoms with Crippen LogP contribution < -0.4 is 5.73 Å². The Morgan fingerprint density at radius 1 is 1.19 bits per heavy atom. The largest absolute Gasteiger partial charge is 0.402 e. The van der Waals surface area contributed by atoms with Gasteiger partial charge in [0.2, 0.25) is 0 Å². The van der Waals surface area contributed by atoms with Crippen molar-refractivity contribution in [2.45, 2.75) is 87.5 Å². The van der Waals surface area contributed by atoms with Crippen molar-refractivity contribution in [1.29, 1.82) is 5.41 Å². The molecule has 3 heteroatoms. The van der Waals surface area contributed by atoms with E-state index >= 15 is 0 Å². The molecule has 0 radical (unpaired) electrons. The monoisotopic (exact) mass is 436 g/mol. The van der Waals surface area contributed by atoms with Crippen molar-refractivity contribution in [3.05, 3.63) is 70.0 Å². The lowest BCUT2D eigenvalue weighted by Gasteiger charge is -2.11. The van der Waals surface area contributed by atoms with E-state index in [9.17, 15) is 4.79 Å². The molecular formula is C29H44N2O. The summed E-state index contributed by atoms with van der Waals surface area (Å²) in [5.41, 5.74) is 12.3. The first-order valence-corrected chi connectivity index (χ1v) is 11.6. The van der Waals surface area contributed by atoms with Gasteiger partial charge in [0.1, 0.15) is 5.78 Å². The van der Waals surface area contributed by atoms with E-state index < -0.39 is 0 Å². The number of nitrogens with one attached hydrogen (secondary N) is 1. The number of carbonyl (C=O) groups excluding carboxylic acids is 1. The number of ketones is 1. The zero-order valence-electron chi connectivity index (χ0n) is 21.6. The Morgan fingerprint density at radius 3 is 2.22 bits per heavy atom. The predicted octanol–water partition coefficient (Wildman–Crippen LogP) is 7.48. The molecule has 0 aliphatic heterocycles. The Labute approximate surface area is 197 Å². The van der Waals surface area contributed by atoms with Gasteiger partial charge in [-0.1, -0.05) is 63.5 Å². The van der Waals surface area contributed by atoms with Gasteiger partial charge in [0.05, 0.1) is 5.71 Å². The van der Waals surface area contributed by atoms with Gasteiger partial charge in [-0.3, -0.25) is 5.41 Å². The van der Waals surface area contributed by atoms with E-state index in [-0.39, 0.29) is 5.78 Å². The molecule has 3 N–H and O–H groups in total. The van der Waals surface area contributed by atoms with Gasteiger partial charge in [-0.15, -0.1) is 6.42 Å². The minimum absolute atomic E-state index is 0.226. The highest BCUT2D eigenvalue weighted by molar-refractivity contribution is 6.12. The number of hydrogen-bond acceptors (Lipinski definition) is 3. The summed E-state index contributed by atoms with van der Waals surface area (Å²) >= 11 is 0. The number of benzene rings is 1. The maximum atomic E-state index is 10.8. The number of aryl methyl sites for hydroxylation is 2. The first-order chi connectivity index (χ1) is 15.2. The quantitative estimate of drug-likeness (QED) is 0.239. The molecule has 1 rings (SSSR count). The third-order valence-corrected chi connectivity index (χ3v) is 4.72. The topological polar surface area (TPSA) is 66.9 Å². The van der Waals surface area contributed by atoms with Gasteiger partial charge in [0, 0.05) is 17.7 Å². The smallest absolute Gasteiger partial charge is 0.130 e. The van der Waals surface area contributed by atoms with Crippen LogP contribution in [0.3, 0.4) is 0 Å². The van der Waals surface area contributed by atoms with Gasteiger partial charge in [0.25, 0.3) is 0 Å². The van der Waals surface area contributed by atoms with Crippen LogP contribution in [-0.4, -0.2) is 11.5 Å². The average Bonchev–Trinajstić information content (AvgIpc) is 2.77. The molecule has 0 saturated carbocycles. The molecule has 0 aliphatic carbocycles. The molecule has 0 unspecified atom stereocenters. The minimum atomic E-state index is 0.226. The molecule has 176 valence electrons. The molecular weight excluding hydrogens is 392 g/mol. The zero-order chi connectivity index (χ0) is 25.1. The van der Waals surface area contributed by atoms with E-state index in [4.69, 9.17) is 17.6 Å². The second-order valence-corrected chi connectivity index (χ2v) is 7.38. The lowest BCUT2D eigenvalue weighted by molar-refractivity contribution is -0.116. The molecule has 0 bridgehead atoms. The van der Waals surface area contributed by atoms with Gasteiger partial charge < -0.3 is 10.5 Å². The van der Waals surface area contributed by atoms with Gasteiger partial charge in [0.15, 0.2) is 0 Å². The summed E-state index contributed by atoms with van der Waals surface area (Å²) in [5, 5.41) is 8.16. The van der Waals surface area contributed by atoms with E-state index in [0.29, 0.717) is 12.1 Å². The highest BCUT2D eigenvalue weighted by atomic mass is 16.1. The predicted molar refractivity (Wildman–Crippen MR) is 142 cm³/mol. The van der Waals surface area contributed by atoms with Crippen molar-refractivity contribution in [1.82, 2.24) is 0 Å². The van der Waals surface area contributed by atoms with Gasteiger partial charge in [-0.2, -0.15) is 0 Å². The molecule has 0 heterocycles. The molecule has 0 saturated heterocycles. The highest BCUT2D eigenvalue weighted by Gasteiger charge is 2.09. The summed E-state index contributed by atoms with van der Waals surface area (Å²) in [6, 6.07) is 5.98. The lowest BCUT2D eigenvalue weighted by Crippen LogP contribution is -2.10. The third-order valence-electron chi connectivity index (χ3n) is 4.72. The van der Waals surface area contributed by atoms with Crippen LogP contribution in [0.2, 0.25) is 0 Å². The van der Waals surface area contributed by atoms with Gasteiger partial charge in [-0.05, 0) is 82.2 Å². The number of nitrogens with two attached hydrogens (primary N) is 1. The Balaban J connectivity index is 0. The van der Waals surface area contributed by atoms with Gasteiger partial charge in [-0.25, -0.2) is 0 Å². The standard InChI is InChI=1S/C14H24N2.C13H14O.C2H6/c1-5-8-10-13(11(4)15)14(16)12(7-3)9-6-2;1-4-13-8-7-12(9-10(13)2)6-5-11(3)14;1-2/h6-7,9,16H,5,8,10,15H2,1-4H3;1,7-9H,5-6H2,2-3H3;1-2H3/b9-6-,12-7+,13-11-,16-14?;;. The van der Waals surface area contributed by atoms with Crippen molar-refractivity contribution in [2.75, 3.05) is 0 Å². The normalized spacial score (nSPS) is 11.4. The summed E-state index contributed by atoms with van der Waals surface area (Å²) in [7, 11) is 0. The van der Waals surface area contributed by atoms with Crippen LogP contribution in [0.5, 0.6) is 0 Å². The fraction of sp³-hybridized carbons (Fsp3) is 0.448. The number of unbranched alkanes of at least 4 members (excludes halogenated alkanes) is 1. The van der Waals surface area contributed by atoms with E-state index in [2.05, 4.69) is 18.9 Å². The van der Waals surface area contributed by atoms with Crippen LogP contribution in [0.25, 0.3) is 0 Å². The summed E-state index contributed by atoms with van der Waals surface area (Å²) in [4.78, 5) is 10.8. The number of Topliss-reactive ketones (excluding diaryl/α,β-unsaturated/α-hetero) is 1. The molecule has 1 aromatic rings. The molecule has 0 atom stereocenters. The van der Waals surface area contributed by atoms with Crippen molar-refractivity contribution in [3.63, 3.8) is 0 Å². The number of rotatable bonds is 9. The summed E-state index contributed by atoms with van der Waals surface area (Å²) in [5.74, 6) is 2.85. The molecule has 32 heavy (non-hydrogen) atoms. The highest BCUT2D eigenvalue weighted by Crippen LogP contribution is 2.17. The Morgan fingerprint density at radius 2 is 1.81 bits per heavy atom. The SMILES string of the molecule is C#Cc1ccc(CCC(C)=O)cc1C.C/C=C\C(=C/C)C(=N)/C(CCCC)=C(/C)N.CC. The van der Waals surface area contributed by atoms with Crippen LogP contribution >= 0.6 is 0 Å². The average molecular weight is 437 g/mol. The van der Waals surface area contributed by atoms with Crippen molar-refractivity contribution in [2.24, 2.45) is 5.73 Å². The van der Waals surface area contributed by atoms with Crippen LogP contribution in [0.15, 0.2) is 53.3 Å². The molecule has 0 aromatic heterocycles. The fourth-order valence-corrected chi connectivity index (χ4v) is 2.91. The molecule has 0 amide bonds. The van der Waals surface area contributed by atoms with E-state index in [1.54, 1.807) is 6.92 Å². The first kappa shape index (κ1) is 31.3. The van der Waals surface area contributed by atoms with Crippen LogP contribution in [0, 0.1) is 24.7 Å². The van der Waals surface area contributed by atoms with E-state index in [0.717, 1.165) is 53.7 Å². The lowest BCUT2D eigenvalue weighted by atomic mass is 9.96. The van der Waals surface area contributed by atoms with Crippen LogP contribution in [0.4, 0.5) is 0 Å². The summed E-state index contributed by atoms with van der Waals surface area (Å²) in [6.45, 7) is 15.5. The molecule has 0 spiro atoms. The number of allylic oxidation sites excluding steroid dienone is 6. The van der Waals surface area contributed by atoms with E-state index in [1.165, 1.54) is 5.56 Å². The Bertz CT molecular complexity index is 844. The Kier molecular flexibility index (Phi) is 18.5. The van der Waals surface area contributed by atoms with Crippen molar-refractivity contribution < 1.29 is 4.79 Å². The minimum Gasteiger partial charge on any atom is -0.402 e. The second-order valence-electron chi connectivity index (χ2n) is 7.38. The van der Waals surface area contributed by atoms with E-state index in [1.807, 2.05) is 71.9 Å². The third kappa shape index (κ3) is 12.7. The summed E-state index contributed by atoms with van der Waals surface area (Å²) in [6.07, 6.45) is 15.7. The maximum Gasteiger partial charge on any atom is 0.130 e. The number of carbonyl (C=O) groups is 1. The van der Waals surface area contributed by atoms with Crippen LogP contribution in [-0.2, 0) is 11.2 Å². The molecule has 0 fully saturated rings. The molecule has 0 aliphatic rings. The maximum absolute atomic E-state index is 10.8. The number of terminal acetylenes is 1. The van der Waals surface area contributed by atoms with Crippen LogP contribution in [0.1, 0.15) is 90.8 Å². The second kappa shape index (κ2) is 18.9. The van der Waals surface area contributed by atoms with Gasteiger partial charge >= 0.3 is 0 Å². The summed E-state index contributed by atoms with van der Waals surface area (Å²) < 4.78 is 0. The zero-order valence-corrected chi connectivity index (χ0v) is 21.6. The van der Waals surface area contributed by atoms with Crippen molar-refractivity contribution >= 4 is 11.5 Å². The molecule has 1 aromatic carbocycles. The first-order valence-electron chi connectivity index (χ1n) is 11.6. The molecule has 3 nitrogen and oxygen atoms in total. The van der Waals surface area contributed by atoms with Crippen molar-refractivity contribution in [3.8, 4) is 12.3 Å². The fourth-order valence-electron chi connectivity index (χ4n) is 2.91.